The molecule has 202 valence electrons. The zero-order valence-corrected chi connectivity index (χ0v) is 22.7. The van der Waals surface area contributed by atoms with E-state index in [9.17, 15) is 25.2 Å². The minimum absolute atomic E-state index is 0.00679. The maximum atomic E-state index is 13.0. The summed E-state index contributed by atoms with van der Waals surface area (Å²) in [6, 6.07) is 0. The van der Waals surface area contributed by atoms with Crippen molar-refractivity contribution in [3.8, 4) is 0 Å². The van der Waals surface area contributed by atoms with Crippen molar-refractivity contribution in [2.45, 2.75) is 111 Å². The fourth-order valence-electron chi connectivity index (χ4n) is 9.60. The van der Waals surface area contributed by atoms with Crippen molar-refractivity contribution in [2.75, 3.05) is 6.61 Å². The van der Waals surface area contributed by atoms with Gasteiger partial charge in [0.2, 0.25) is 0 Å². The van der Waals surface area contributed by atoms with Crippen molar-refractivity contribution < 1.29 is 30.0 Å². The summed E-state index contributed by atoms with van der Waals surface area (Å²) in [5, 5.41) is 43.2. The first-order valence-electron chi connectivity index (χ1n) is 14.3. The van der Waals surface area contributed by atoms with Gasteiger partial charge in [-0.2, -0.15) is 0 Å². The zero-order chi connectivity index (χ0) is 25.9. The second kappa shape index (κ2) is 9.89. The number of rotatable bonds is 6. The molecule has 4 fully saturated rings. The number of esters is 1. The molecular formula is C29H50O6. The summed E-state index contributed by atoms with van der Waals surface area (Å²) in [5.74, 6) is 1.01. The maximum Gasteiger partial charge on any atom is 0.309 e. The highest BCUT2D eigenvalue weighted by Gasteiger charge is 2.63. The summed E-state index contributed by atoms with van der Waals surface area (Å²) in [5.41, 5.74) is -0.348. The molecule has 13 atom stereocenters. The molecule has 0 radical (unpaired) electrons. The zero-order valence-electron chi connectivity index (χ0n) is 22.7. The summed E-state index contributed by atoms with van der Waals surface area (Å²) in [4.78, 5) is 13.0. The van der Waals surface area contributed by atoms with Crippen molar-refractivity contribution in [1.29, 1.82) is 0 Å². The molecule has 35 heavy (non-hydrogen) atoms. The van der Waals surface area contributed by atoms with Gasteiger partial charge in [-0.3, -0.25) is 4.79 Å². The van der Waals surface area contributed by atoms with E-state index < -0.39 is 24.4 Å². The van der Waals surface area contributed by atoms with Crippen LogP contribution in [-0.4, -0.2) is 57.4 Å². The van der Waals surface area contributed by atoms with Gasteiger partial charge < -0.3 is 25.2 Å². The summed E-state index contributed by atoms with van der Waals surface area (Å²) >= 11 is 0. The topological polar surface area (TPSA) is 107 Å². The molecule has 0 bridgehead atoms. The second-order valence-electron chi connectivity index (χ2n) is 13.5. The first-order valence-corrected chi connectivity index (χ1v) is 14.3. The number of fused-ring (bicyclic) bond motifs is 5. The van der Waals surface area contributed by atoms with Crippen molar-refractivity contribution >= 4 is 5.97 Å². The molecule has 0 spiro atoms. The van der Waals surface area contributed by atoms with Gasteiger partial charge in [0.15, 0.2) is 0 Å². The molecule has 4 rings (SSSR count). The van der Waals surface area contributed by atoms with Crippen LogP contribution in [0.5, 0.6) is 0 Å². The summed E-state index contributed by atoms with van der Waals surface area (Å²) in [7, 11) is 0. The summed E-state index contributed by atoms with van der Waals surface area (Å²) < 4.78 is 5.88. The Bertz CT molecular complexity index is 770. The van der Waals surface area contributed by atoms with Crippen LogP contribution in [0.4, 0.5) is 0 Å². The molecule has 0 aromatic carbocycles. The Morgan fingerprint density at radius 1 is 0.971 bits per heavy atom. The molecule has 4 aliphatic rings. The molecule has 0 aromatic rings. The lowest BCUT2D eigenvalue weighted by Gasteiger charge is -2.56. The SMILES string of the molecule is CC[C@@H](C(C)C)[C@@H](O)[C@H](O)[C@@H](C)C1CCC2C3COC(=O)[C@H]4C[C@H](O)[C@H](O)C[C@]4(C)C3CC[C@@]21C. The normalized spacial score (nSPS) is 47.1. The van der Waals surface area contributed by atoms with E-state index in [4.69, 9.17) is 4.74 Å². The predicted octanol–water partition coefficient (Wildman–Crippen LogP) is 3.78. The molecule has 0 amide bonds. The van der Waals surface area contributed by atoms with Gasteiger partial charge in [-0.05, 0) is 90.8 Å². The van der Waals surface area contributed by atoms with Crippen LogP contribution in [0.25, 0.3) is 0 Å². The molecule has 4 N–H and O–H groups in total. The Balaban J connectivity index is 1.57. The van der Waals surface area contributed by atoms with Crippen molar-refractivity contribution in [3.63, 3.8) is 0 Å². The van der Waals surface area contributed by atoms with Gasteiger partial charge in [-0.1, -0.05) is 48.0 Å². The average Bonchev–Trinajstić information content (AvgIpc) is 3.11. The molecule has 3 aliphatic carbocycles. The first kappa shape index (κ1) is 27.3. The molecule has 6 nitrogen and oxygen atoms in total. The number of hydrogen-bond acceptors (Lipinski definition) is 6. The number of hydrogen-bond donors (Lipinski definition) is 4. The fraction of sp³-hybridized carbons (Fsp3) is 0.966. The Morgan fingerprint density at radius 2 is 1.63 bits per heavy atom. The standard InChI is InChI=1S/C29H50O6/c1-7-17(15(2)3)26(33)25(32)16(4)19-8-9-20-18-14-35-27(34)22-12-23(30)24(31)13-29(22,6)21(18)10-11-28(19,20)5/h15-26,30-33H,7-14H2,1-6H3/t16-,17-,18?,19?,20?,21?,22+,23-,24+,25+,26+,28+,29+/m0/s1. The average molecular weight is 495 g/mol. The van der Waals surface area contributed by atoms with E-state index in [1.807, 2.05) is 0 Å². The lowest BCUT2D eigenvalue weighted by atomic mass is 9.48. The van der Waals surface area contributed by atoms with Crippen LogP contribution in [0.1, 0.15) is 86.5 Å². The molecular weight excluding hydrogens is 444 g/mol. The number of carbonyl (C=O) groups excluding carboxylic acids is 1. The van der Waals surface area contributed by atoms with Crippen LogP contribution in [0.3, 0.4) is 0 Å². The largest absolute Gasteiger partial charge is 0.465 e. The molecule has 1 heterocycles. The van der Waals surface area contributed by atoms with Crippen molar-refractivity contribution in [3.05, 3.63) is 0 Å². The smallest absolute Gasteiger partial charge is 0.309 e. The Labute approximate surface area is 211 Å². The van der Waals surface area contributed by atoms with Gasteiger partial charge in [0.25, 0.3) is 0 Å². The van der Waals surface area contributed by atoms with E-state index in [2.05, 4.69) is 41.5 Å². The van der Waals surface area contributed by atoms with Crippen LogP contribution in [-0.2, 0) is 9.53 Å². The number of aliphatic hydroxyl groups excluding tert-OH is 4. The van der Waals surface area contributed by atoms with Crippen LogP contribution >= 0.6 is 0 Å². The third-order valence-corrected chi connectivity index (χ3v) is 11.7. The van der Waals surface area contributed by atoms with Crippen LogP contribution in [0.15, 0.2) is 0 Å². The Morgan fingerprint density at radius 3 is 2.26 bits per heavy atom. The number of carbonyl (C=O) groups is 1. The molecule has 4 unspecified atom stereocenters. The van der Waals surface area contributed by atoms with E-state index in [1.165, 1.54) is 0 Å². The van der Waals surface area contributed by atoms with Gasteiger partial charge in [0, 0.05) is 0 Å². The Hall–Kier alpha value is -0.690. The highest BCUT2D eigenvalue weighted by Crippen LogP contribution is 2.66. The summed E-state index contributed by atoms with van der Waals surface area (Å²) in [6.45, 7) is 13.4. The molecule has 0 aromatic heterocycles. The minimum atomic E-state index is -0.867. The van der Waals surface area contributed by atoms with E-state index in [-0.39, 0.29) is 52.8 Å². The minimum Gasteiger partial charge on any atom is -0.465 e. The fourth-order valence-corrected chi connectivity index (χ4v) is 9.60. The van der Waals surface area contributed by atoms with Gasteiger partial charge in [-0.25, -0.2) is 0 Å². The third-order valence-electron chi connectivity index (χ3n) is 11.7. The maximum absolute atomic E-state index is 13.0. The van der Waals surface area contributed by atoms with E-state index in [0.717, 1.165) is 32.1 Å². The molecule has 6 heteroatoms. The molecule has 1 aliphatic heterocycles. The van der Waals surface area contributed by atoms with Gasteiger partial charge in [0.05, 0.1) is 36.9 Å². The highest BCUT2D eigenvalue weighted by atomic mass is 16.5. The predicted molar refractivity (Wildman–Crippen MR) is 134 cm³/mol. The van der Waals surface area contributed by atoms with Crippen molar-refractivity contribution in [1.82, 2.24) is 0 Å². The van der Waals surface area contributed by atoms with Crippen LogP contribution in [0, 0.1) is 58.2 Å². The lowest BCUT2D eigenvalue weighted by Crippen LogP contribution is -2.55. The van der Waals surface area contributed by atoms with Crippen LogP contribution < -0.4 is 0 Å². The molecule has 1 saturated heterocycles. The lowest BCUT2D eigenvalue weighted by molar-refractivity contribution is -0.162. The third kappa shape index (κ3) is 4.38. The van der Waals surface area contributed by atoms with Gasteiger partial charge in [0.1, 0.15) is 0 Å². The quantitative estimate of drug-likeness (QED) is 0.419. The van der Waals surface area contributed by atoms with Gasteiger partial charge in [-0.15, -0.1) is 0 Å². The van der Waals surface area contributed by atoms with E-state index >= 15 is 0 Å². The number of aliphatic hydroxyl groups is 4. The van der Waals surface area contributed by atoms with Gasteiger partial charge >= 0.3 is 5.97 Å². The number of ether oxygens (including phenoxy) is 1. The monoisotopic (exact) mass is 494 g/mol. The van der Waals surface area contributed by atoms with Crippen molar-refractivity contribution in [2.24, 2.45) is 58.2 Å². The number of cyclic esters (lactones) is 1. The van der Waals surface area contributed by atoms with E-state index in [0.29, 0.717) is 30.8 Å². The highest BCUT2D eigenvalue weighted by molar-refractivity contribution is 5.74. The summed E-state index contributed by atoms with van der Waals surface area (Å²) in [6.07, 6.45) is 2.49. The van der Waals surface area contributed by atoms with Crippen LogP contribution in [0.2, 0.25) is 0 Å². The Kier molecular flexibility index (Phi) is 7.72. The molecule has 3 saturated carbocycles. The first-order chi connectivity index (χ1) is 16.4. The van der Waals surface area contributed by atoms with E-state index in [1.54, 1.807) is 0 Å². The second-order valence-corrected chi connectivity index (χ2v) is 13.5.